The number of carbonyl (C=O) groups is 2. The molecule has 4 rings (SSSR count). The van der Waals surface area contributed by atoms with Gasteiger partial charge in [-0.05, 0) is 61.0 Å². The number of benzene rings is 3. The molecule has 1 aromatic heterocycles. The van der Waals surface area contributed by atoms with Crippen molar-refractivity contribution in [3.05, 3.63) is 95.9 Å². The van der Waals surface area contributed by atoms with Crippen molar-refractivity contribution in [1.29, 1.82) is 0 Å². The van der Waals surface area contributed by atoms with Crippen molar-refractivity contribution in [3.63, 3.8) is 0 Å². The summed E-state index contributed by atoms with van der Waals surface area (Å²) in [6.45, 7) is 6.26. The molecule has 0 aliphatic carbocycles. The fourth-order valence-electron chi connectivity index (χ4n) is 4.19. The predicted molar refractivity (Wildman–Crippen MR) is 153 cm³/mol. The third-order valence-corrected chi connectivity index (χ3v) is 6.43. The van der Waals surface area contributed by atoms with Crippen LogP contribution in [-0.2, 0) is 21.5 Å². The summed E-state index contributed by atoms with van der Waals surface area (Å²) >= 11 is 0. The van der Waals surface area contributed by atoms with Crippen LogP contribution in [0.15, 0.2) is 83.3 Å². The maximum atomic E-state index is 12.9. The Morgan fingerprint density at radius 2 is 1.51 bits per heavy atom. The van der Waals surface area contributed by atoms with Gasteiger partial charge in [-0.3, -0.25) is 9.69 Å². The van der Waals surface area contributed by atoms with Gasteiger partial charge >= 0.3 is 12.1 Å². The number of hydrogen-bond donors (Lipinski definition) is 0. The molecule has 0 N–H and O–H groups in total. The quantitative estimate of drug-likeness (QED) is 0.201. The molecule has 1 amide bonds. The Morgan fingerprint density at radius 1 is 0.878 bits per heavy atom. The number of methoxy groups -OCH3 is 2. The van der Waals surface area contributed by atoms with Crippen LogP contribution in [0.3, 0.4) is 0 Å². The van der Waals surface area contributed by atoms with Gasteiger partial charge in [-0.15, -0.1) is 0 Å². The van der Waals surface area contributed by atoms with E-state index in [4.69, 9.17) is 28.3 Å². The third-order valence-electron chi connectivity index (χ3n) is 6.43. The monoisotopic (exact) mass is 558 g/mol. The van der Waals surface area contributed by atoms with Crippen molar-refractivity contribution in [2.24, 2.45) is 0 Å². The lowest BCUT2D eigenvalue weighted by molar-refractivity contribution is -0.141. The van der Waals surface area contributed by atoms with Gasteiger partial charge in [0, 0.05) is 17.5 Å². The van der Waals surface area contributed by atoms with Gasteiger partial charge in [-0.2, -0.15) is 0 Å². The zero-order valence-electron chi connectivity index (χ0n) is 23.9. The number of hydrogen-bond acceptors (Lipinski definition) is 8. The van der Waals surface area contributed by atoms with Gasteiger partial charge in [-0.1, -0.05) is 44.2 Å². The maximum Gasteiger partial charge on any atom is 0.416 e. The van der Waals surface area contributed by atoms with Crippen molar-refractivity contribution in [2.45, 2.75) is 32.7 Å². The lowest BCUT2D eigenvalue weighted by Gasteiger charge is -2.23. The van der Waals surface area contributed by atoms with Crippen LogP contribution in [-0.4, -0.2) is 49.3 Å². The molecular weight excluding hydrogens is 524 g/mol. The van der Waals surface area contributed by atoms with Gasteiger partial charge in [0.05, 0.1) is 26.5 Å². The topological polar surface area (TPSA) is 100 Å². The molecule has 41 heavy (non-hydrogen) atoms. The van der Waals surface area contributed by atoms with E-state index in [2.05, 4.69) is 13.8 Å². The van der Waals surface area contributed by atoms with Gasteiger partial charge in [0.25, 0.3) is 0 Å². The number of oxazole rings is 1. The van der Waals surface area contributed by atoms with E-state index >= 15 is 0 Å². The van der Waals surface area contributed by atoms with E-state index in [9.17, 15) is 9.59 Å². The minimum Gasteiger partial charge on any atom is -0.497 e. The first-order valence-electron chi connectivity index (χ1n) is 13.1. The summed E-state index contributed by atoms with van der Waals surface area (Å²) in [7, 11) is 2.82. The Morgan fingerprint density at radius 3 is 2.15 bits per heavy atom. The van der Waals surface area contributed by atoms with E-state index in [1.807, 2.05) is 61.5 Å². The Balaban J connectivity index is 1.39. The number of ether oxygens (including phenoxy) is 4. The molecule has 0 fully saturated rings. The molecule has 0 aliphatic heterocycles. The molecule has 4 aromatic rings. The first-order chi connectivity index (χ1) is 19.7. The van der Waals surface area contributed by atoms with E-state index in [1.165, 1.54) is 12.0 Å². The molecule has 9 nitrogen and oxygen atoms in total. The van der Waals surface area contributed by atoms with Crippen molar-refractivity contribution in [1.82, 2.24) is 9.88 Å². The second-order valence-electron chi connectivity index (χ2n) is 10.1. The van der Waals surface area contributed by atoms with Crippen molar-refractivity contribution in [2.75, 3.05) is 27.4 Å². The molecule has 0 bridgehead atoms. The highest BCUT2D eigenvalue weighted by atomic mass is 16.6. The summed E-state index contributed by atoms with van der Waals surface area (Å²) in [5, 5.41) is 0. The third kappa shape index (κ3) is 7.66. The van der Waals surface area contributed by atoms with Gasteiger partial charge in [0.1, 0.15) is 29.6 Å². The fraction of sp³-hybridized carbons (Fsp3) is 0.281. The van der Waals surface area contributed by atoms with Crippen LogP contribution in [0.2, 0.25) is 0 Å². The summed E-state index contributed by atoms with van der Waals surface area (Å²) < 4.78 is 27.4. The summed E-state index contributed by atoms with van der Waals surface area (Å²) in [4.78, 5) is 30.9. The first kappa shape index (κ1) is 29.2. The van der Waals surface area contributed by atoms with Crippen LogP contribution < -0.4 is 14.2 Å². The van der Waals surface area contributed by atoms with Crippen LogP contribution >= 0.6 is 0 Å². The largest absolute Gasteiger partial charge is 0.497 e. The molecule has 1 heterocycles. The van der Waals surface area contributed by atoms with Gasteiger partial charge in [0.2, 0.25) is 5.89 Å². The summed E-state index contributed by atoms with van der Waals surface area (Å²) in [6, 6.07) is 23.7. The Bertz CT molecular complexity index is 1450. The minimum atomic E-state index is -0.680. The van der Waals surface area contributed by atoms with E-state index in [1.54, 1.807) is 31.4 Å². The summed E-state index contributed by atoms with van der Waals surface area (Å²) in [6.07, 6.45) is -0.680. The Labute approximate surface area is 239 Å². The fourth-order valence-corrected chi connectivity index (χ4v) is 4.19. The predicted octanol–water partition coefficient (Wildman–Crippen LogP) is 6.19. The van der Waals surface area contributed by atoms with Crippen LogP contribution in [0.5, 0.6) is 17.2 Å². The molecule has 0 aliphatic rings. The molecule has 3 aromatic carbocycles. The van der Waals surface area contributed by atoms with Gasteiger partial charge in [-0.25, -0.2) is 9.78 Å². The zero-order valence-corrected chi connectivity index (χ0v) is 23.9. The number of esters is 1. The van der Waals surface area contributed by atoms with E-state index in [0.717, 1.165) is 22.6 Å². The van der Waals surface area contributed by atoms with Gasteiger partial charge in [0.15, 0.2) is 0 Å². The molecule has 0 saturated heterocycles. The first-order valence-corrected chi connectivity index (χ1v) is 13.1. The number of aromatic nitrogens is 1. The highest BCUT2D eigenvalue weighted by Crippen LogP contribution is 2.31. The second-order valence-corrected chi connectivity index (χ2v) is 10.1. The van der Waals surface area contributed by atoms with Crippen LogP contribution in [0.25, 0.3) is 11.5 Å². The zero-order chi connectivity index (χ0) is 29.4. The van der Waals surface area contributed by atoms with Crippen molar-refractivity contribution in [3.8, 4) is 28.7 Å². The lowest BCUT2D eigenvalue weighted by Crippen LogP contribution is -2.37. The van der Waals surface area contributed by atoms with E-state index in [-0.39, 0.29) is 13.1 Å². The van der Waals surface area contributed by atoms with Gasteiger partial charge < -0.3 is 23.4 Å². The Hall–Kier alpha value is -4.79. The molecule has 0 saturated carbocycles. The van der Waals surface area contributed by atoms with E-state index in [0.29, 0.717) is 29.7 Å². The van der Waals surface area contributed by atoms with Crippen molar-refractivity contribution < 1.29 is 33.0 Å². The molecule has 0 unspecified atom stereocenters. The number of carbonyl (C=O) groups excluding carboxylic acids is 2. The van der Waals surface area contributed by atoms with E-state index < -0.39 is 17.5 Å². The average molecular weight is 559 g/mol. The summed E-state index contributed by atoms with van der Waals surface area (Å²) in [5.41, 5.74) is 2.12. The molecule has 214 valence electrons. The maximum absolute atomic E-state index is 12.9. The van der Waals surface area contributed by atoms with Crippen LogP contribution in [0, 0.1) is 6.92 Å². The SMILES string of the molecule is COC(=O)CN(Cc1ccc(OCC(C)(C)c2nc(-c3ccccc3)oc2C)cc1)C(=O)Oc1ccc(OC)cc1. The minimum absolute atomic E-state index is 0.135. The Kier molecular flexibility index (Phi) is 9.29. The second kappa shape index (κ2) is 13.0. The normalized spacial score (nSPS) is 11.0. The lowest BCUT2D eigenvalue weighted by atomic mass is 9.89. The highest BCUT2D eigenvalue weighted by Gasteiger charge is 2.29. The number of aryl methyl sites for hydroxylation is 1. The highest BCUT2D eigenvalue weighted by molar-refractivity contribution is 5.79. The standard InChI is InChI=1S/C32H34N2O7/c1-22-29(33-30(40-22)24-9-7-6-8-10-24)32(2,3)21-39-26-13-11-23(12-14-26)19-34(20-28(35)38-5)31(36)41-27-17-15-25(37-4)16-18-27/h6-18H,19-21H2,1-5H3. The molecule has 0 atom stereocenters. The molecular formula is C32H34N2O7. The van der Waals surface area contributed by atoms with Crippen LogP contribution in [0.4, 0.5) is 4.79 Å². The molecule has 9 heteroatoms. The van der Waals surface area contributed by atoms with Crippen LogP contribution in [0.1, 0.15) is 30.9 Å². The number of amides is 1. The summed E-state index contributed by atoms with van der Waals surface area (Å²) in [5.74, 6) is 2.40. The molecule has 0 spiro atoms. The smallest absolute Gasteiger partial charge is 0.416 e. The number of rotatable bonds is 11. The number of nitrogens with zero attached hydrogens (tertiary/aromatic N) is 2. The molecule has 0 radical (unpaired) electrons. The van der Waals surface area contributed by atoms with Crippen molar-refractivity contribution >= 4 is 12.1 Å². The average Bonchev–Trinajstić information content (AvgIpc) is 3.39.